The molecule has 0 unspecified atom stereocenters. The maximum absolute atomic E-state index is 13.0. The van der Waals surface area contributed by atoms with E-state index in [9.17, 15) is 9.59 Å². The van der Waals surface area contributed by atoms with Gasteiger partial charge in [-0.2, -0.15) is 5.10 Å². The van der Waals surface area contributed by atoms with Gasteiger partial charge in [-0.15, -0.1) is 0 Å². The Hall–Kier alpha value is -3.61. The van der Waals surface area contributed by atoms with Crippen molar-refractivity contribution < 1.29 is 9.59 Å². The van der Waals surface area contributed by atoms with Gasteiger partial charge in [-0.1, -0.05) is 65.0 Å². The average molecular weight is 476 g/mol. The number of aryl methyl sites for hydroxylation is 1. The topological polar surface area (TPSA) is 79.3 Å². The van der Waals surface area contributed by atoms with Gasteiger partial charge < -0.3 is 15.5 Å². The monoisotopic (exact) mass is 475 g/mol. The van der Waals surface area contributed by atoms with Gasteiger partial charge in [0, 0.05) is 23.7 Å². The number of carbonyl (C=O) groups excluding carboxylic acids is 2. The number of aromatic nitrogens is 2. The highest BCUT2D eigenvalue weighted by Gasteiger charge is 2.23. The van der Waals surface area contributed by atoms with Crippen molar-refractivity contribution in [1.82, 2.24) is 14.7 Å². The van der Waals surface area contributed by atoms with Crippen LogP contribution in [0.5, 0.6) is 0 Å². The van der Waals surface area contributed by atoms with Crippen LogP contribution in [0.2, 0.25) is 0 Å². The predicted molar refractivity (Wildman–Crippen MR) is 142 cm³/mol. The molecule has 3 amide bonds. The number of rotatable bonds is 7. The smallest absolute Gasteiger partial charge is 0.315 e. The number of carbonyl (C=O) groups is 2. The molecule has 2 N–H and O–H groups in total. The van der Waals surface area contributed by atoms with Gasteiger partial charge >= 0.3 is 6.03 Å². The molecule has 1 aromatic heterocycles. The van der Waals surface area contributed by atoms with Crippen molar-refractivity contribution in [2.75, 3.05) is 23.7 Å². The summed E-state index contributed by atoms with van der Waals surface area (Å²) in [7, 11) is 0. The highest BCUT2D eigenvalue weighted by molar-refractivity contribution is 5.96. The summed E-state index contributed by atoms with van der Waals surface area (Å²) in [4.78, 5) is 27.3. The summed E-state index contributed by atoms with van der Waals surface area (Å²) < 4.78 is 1.76. The van der Waals surface area contributed by atoms with Gasteiger partial charge in [-0.3, -0.25) is 4.79 Å². The Kier molecular flexibility index (Phi) is 7.99. The number of nitrogens with one attached hydrogen (secondary N) is 2. The molecule has 0 saturated heterocycles. The largest absolute Gasteiger partial charge is 0.322 e. The molecule has 0 fully saturated rings. The first kappa shape index (κ1) is 26.0. The standard InChI is InChI=1S/C28H37N5O2/c1-8-32(27(35)29-22-15-13-21(14-16-22)19(2)3)18-26(34)30-25-17-24(28(5,6)7)31-33(25)23-12-10-9-11-20(23)4/h9-17,19H,8,18H2,1-7H3,(H,29,35)(H,30,34). The van der Waals surface area contributed by atoms with Crippen molar-refractivity contribution >= 4 is 23.4 Å². The molecule has 0 bridgehead atoms. The van der Waals surface area contributed by atoms with E-state index >= 15 is 0 Å². The molecule has 3 aromatic rings. The minimum atomic E-state index is -0.317. The Morgan fingerprint density at radius 1 is 1.03 bits per heavy atom. The van der Waals surface area contributed by atoms with E-state index in [1.54, 1.807) is 4.68 Å². The van der Waals surface area contributed by atoms with Crippen LogP contribution in [-0.4, -0.2) is 39.7 Å². The van der Waals surface area contributed by atoms with E-state index in [4.69, 9.17) is 5.10 Å². The molecule has 0 aliphatic heterocycles. The average Bonchev–Trinajstić information content (AvgIpc) is 3.22. The number of amides is 3. The quantitative estimate of drug-likeness (QED) is 0.434. The van der Waals surface area contributed by atoms with Crippen LogP contribution >= 0.6 is 0 Å². The second-order valence-corrected chi connectivity index (χ2v) is 10.1. The highest BCUT2D eigenvalue weighted by atomic mass is 16.2. The van der Waals surface area contributed by atoms with Gasteiger partial charge in [0.05, 0.1) is 11.4 Å². The Morgan fingerprint density at radius 2 is 1.69 bits per heavy atom. The van der Waals surface area contributed by atoms with Gasteiger partial charge in [0.15, 0.2) is 0 Å². The lowest BCUT2D eigenvalue weighted by atomic mass is 9.92. The molecule has 0 atom stereocenters. The summed E-state index contributed by atoms with van der Waals surface area (Å²) in [5, 5.41) is 10.6. The molecule has 3 rings (SSSR count). The number of anilines is 2. The number of para-hydroxylation sites is 1. The zero-order valence-corrected chi connectivity index (χ0v) is 21.8. The normalized spacial score (nSPS) is 11.4. The van der Waals surface area contributed by atoms with Crippen molar-refractivity contribution in [3.05, 3.63) is 71.4 Å². The van der Waals surface area contributed by atoms with Gasteiger partial charge in [0.1, 0.15) is 12.4 Å². The predicted octanol–water partition coefficient (Wildman–Crippen LogP) is 6.09. The Morgan fingerprint density at radius 3 is 2.26 bits per heavy atom. The number of benzene rings is 2. The summed E-state index contributed by atoms with van der Waals surface area (Å²) >= 11 is 0. The van der Waals surface area contributed by atoms with Crippen LogP contribution in [0.15, 0.2) is 54.6 Å². The molecule has 186 valence electrons. The van der Waals surface area contributed by atoms with Gasteiger partial charge in [-0.25, -0.2) is 9.48 Å². The lowest BCUT2D eigenvalue weighted by Crippen LogP contribution is -2.40. The van der Waals surface area contributed by atoms with Crippen molar-refractivity contribution in [3.8, 4) is 5.69 Å². The van der Waals surface area contributed by atoms with Crippen LogP contribution in [0.25, 0.3) is 5.69 Å². The molecule has 35 heavy (non-hydrogen) atoms. The minimum absolute atomic E-state index is 0.0732. The Bertz CT molecular complexity index is 1170. The Balaban J connectivity index is 1.75. The minimum Gasteiger partial charge on any atom is -0.315 e. The van der Waals surface area contributed by atoms with E-state index in [0.717, 1.165) is 16.9 Å². The number of nitrogens with zero attached hydrogens (tertiary/aromatic N) is 3. The summed E-state index contributed by atoms with van der Waals surface area (Å²) in [6.45, 7) is 14.7. The molecule has 7 nitrogen and oxygen atoms in total. The van der Waals surface area contributed by atoms with E-state index < -0.39 is 0 Å². The van der Waals surface area contributed by atoms with Crippen molar-refractivity contribution in [1.29, 1.82) is 0 Å². The third-order valence-corrected chi connectivity index (χ3v) is 5.92. The summed E-state index contributed by atoms with van der Waals surface area (Å²) in [5.74, 6) is 0.713. The fourth-order valence-corrected chi connectivity index (χ4v) is 3.66. The van der Waals surface area contributed by atoms with E-state index in [0.29, 0.717) is 24.0 Å². The number of urea groups is 1. The van der Waals surface area contributed by atoms with Crippen LogP contribution in [0, 0.1) is 6.92 Å². The lowest BCUT2D eigenvalue weighted by molar-refractivity contribution is -0.116. The summed E-state index contributed by atoms with van der Waals surface area (Å²) in [5.41, 5.74) is 4.53. The van der Waals surface area contributed by atoms with Crippen molar-refractivity contribution in [2.45, 2.75) is 59.8 Å². The fraction of sp³-hybridized carbons (Fsp3) is 0.393. The van der Waals surface area contributed by atoms with Crippen LogP contribution in [0.1, 0.15) is 64.3 Å². The van der Waals surface area contributed by atoms with Gasteiger partial charge in [-0.05, 0) is 49.1 Å². The molecule has 0 aliphatic rings. The number of hydrogen-bond acceptors (Lipinski definition) is 3. The molecule has 0 spiro atoms. The molecule has 0 radical (unpaired) electrons. The first-order valence-electron chi connectivity index (χ1n) is 12.1. The first-order valence-corrected chi connectivity index (χ1v) is 12.1. The summed E-state index contributed by atoms with van der Waals surface area (Å²) in [6, 6.07) is 17.3. The maximum atomic E-state index is 13.0. The number of likely N-dealkylation sites (N-methyl/N-ethyl adjacent to an activating group) is 1. The molecule has 0 aliphatic carbocycles. The van der Waals surface area contributed by atoms with Crippen LogP contribution in [0.3, 0.4) is 0 Å². The third kappa shape index (κ3) is 6.50. The molecule has 2 aromatic carbocycles. The van der Waals surface area contributed by atoms with Gasteiger partial charge in [0.25, 0.3) is 0 Å². The van der Waals surface area contributed by atoms with E-state index in [1.807, 2.05) is 68.4 Å². The number of hydrogen-bond donors (Lipinski definition) is 2. The van der Waals surface area contributed by atoms with E-state index in [2.05, 4.69) is 45.3 Å². The zero-order valence-electron chi connectivity index (χ0n) is 21.8. The Labute approximate surface area is 208 Å². The molecule has 1 heterocycles. The highest BCUT2D eigenvalue weighted by Crippen LogP contribution is 2.27. The van der Waals surface area contributed by atoms with Crippen LogP contribution in [-0.2, 0) is 10.2 Å². The van der Waals surface area contributed by atoms with Crippen molar-refractivity contribution in [3.63, 3.8) is 0 Å². The maximum Gasteiger partial charge on any atom is 0.322 e. The molecule has 7 heteroatoms. The van der Waals surface area contributed by atoms with Gasteiger partial charge in [0.2, 0.25) is 5.91 Å². The lowest BCUT2D eigenvalue weighted by Gasteiger charge is -2.21. The zero-order chi connectivity index (χ0) is 25.8. The molecular formula is C28H37N5O2. The summed E-state index contributed by atoms with van der Waals surface area (Å²) in [6.07, 6.45) is 0. The van der Waals surface area contributed by atoms with E-state index in [1.165, 1.54) is 10.5 Å². The third-order valence-electron chi connectivity index (χ3n) is 5.92. The van der Waals surface area contributed by atoms with Crippen LogP contribution in [0.4, 0.5) is 16.3 Å². The SMILES string of the molecule is CCN(CC(=O)Nc1cc(C(C)(C)C)nn1-c1ccccc1C)C(=O)Nc1ccc(C(C)C)cc1. The van der Waals surface area contributed by atoms with Crippen LogP contribution < -0.4 is 10.6 Å². The first-order chi connectivity index (χ1) is 16.5. The molecular weight excluding hydrogens is 438 g/mol. The second kappa shape index (κ2) is 10.8. The fourth-order valence-electron chi connectivity index (χ4n) is 3.66. The van der Waals surface area contributed by atoms with E-state index in [-0.39, 0.29) is 23.9 Å². The second-order valence-electron chi connectivity index (χ2n) is 10.1. The van der Waals surface area contributed by atoms with Crippen molar-refractivity contribution in [2.24, 2.45) is 0 Å². The molecule has 0 saturated carbocycles.